The predicted molar refractivity (Wildman–Crippen MR) is 216 cm³/mol. The van der Waals surface area contributed by atoms with Crippen LogP contribution in [-0.4, -0.2) is 89.4 Å². The molecule has 4 aromatic rings. The van der Waals surface area contributed by atoms with E-state index in [1.807, 2.05) is 23.1 Å². The van der Waals surface area contributed by atoms with Crippen molar-refractivity contribution in [1.82, 2.24) is 15.1 Å². The Morgan fingerprint density at radius 3 is 2.04 bits per heavy atom. The molecule has 3 unspecified atom stereocenters. The molecule has 0 spiro atoms. The number of phenolic OH excluding ortho intramolecular Hbond substituents is 1. The molecule has 0 radical (unpaired) electrons. The second-order valence-electron chi connectivity index (χ2n) is 16.0. The fraction of sp³-hybridized carbons (Fsp3) is 0.348. The molecule has 6 heterocycles. The van der Waals surface area contributed by atoms with Gasteiger partial charge in [-0.25, -0.2) is 4.39 Å². The average molecular weight is 768 g/mol. The summed E-state index contributed by atoms with van der Waals surface area (Å²) in [6.07, 6.45) is 4.19. The number of anilines is 2. The van der Waals surface area contributed by atoms with Gasteiger partial charge in [-0.1, -0.05) is 61.5 Å². The van der Waals surface area contributed by atoms with Gasteiger partial charge >= 0.3 is 0 Å². The molecular weight excluding hydrogens is 722 g/mol. The van der Waals surface area contributed by atoms with Crippen LogP contribution in [0.15, 0.2) is 91.0 Å². The third-order valence-corrected chi connectivity index (χ3v) is 12.7. The van der Waals surface area contributed by atoms with Gasteiger partial charge in [0, 0.05) is 56.9 Å². The minimum absolute atomic E-state index is 0.0294. The Bertz CT molecular complexity index is 2260. The van der Waals surface area contributed by atoms with E-state index < -0.39 is 35.5 Å². The van der Waals surface area contributed by atoms with E-state index in [1.54, 1.807) is 12.1 Å². The van der Waals surface area contributed by atoms with Gasteiger partial charge in [0.1, 0.15) is 17.6 Å². The number of carbonyl (C=O) groups excluding carboxylic acids is 4. The third-order valence-electron chi connectivity index (χ3n) is 12.7. The van der Waals surface area contributed by atoms with Gasteiger partial charge in [0.2, 0.25) is 11.8 Å². The summed E-state index contributed by atoms with van der Waals surface area (Å²) < 4.78 is 15.6. The van der Waals surface area contributed by atoms with E-state index in [2.05, 4.69) is 70.6 Å². The zero-order chi connectivity index (χ0) is 39.4. The summed E-state index contributed by atoms with van der Waals surface area (Å²) in [6, 6.07) is 29.0. The standard InChI is InChI=1S/C46H46FN5O5/c1-2-36(29-6-4-3-5-7-29)43(31-10-14-35(53)15-11-31)30-8-12-32(13-9-30)49-20-18-28(19-21-49)25-51-33-22-34(51)27-50(26-33)41-24-38-37(23-39(41)47)45(56)52(46(38)57)40-16-17-42(54)48-44(40)55/h3-15,23-24,28,33-34,40,53H,2,16-22,25-27H2,1H3,(H,48,54,55). The number of nitrogens with one attached hydrogen (secondary N) is 1. The summed E-state index contributed by atoms with van der Waals surface area (Å²) in [6.45, 7) is 6.44. The molecule has 6 aliphatic rings. The Hall–Kier alpha value is -5.81. The number of allylic oxidation sites excluding steroid dienone is 1. The molecule has 57 heavy (non-hydrogen) atoms. The van der Waals surface area contributed by atoms with E-state index in [4.69, 9.17) is 0 Å². The van der Waals surface area contributed by atoms with E-state index in [0.717, 1.165) is 67.4 Å². The Kier molecular flexibility index (Phi) is 9.64. The van der Waals surface area contributed by atoms with Gasteiger partial charge in [-0.15, -0.1) is 0 Å². The van der Waals surface area contributed by atoms with Gasteiger partial charge in [-0.05, 0) is 102 Å². The molecule has 11 heteroatoms. The van der Waals surface area contributed by atoms with Crippen LogP contribution in [-0.2, 0) is 9.59 Å². The van der Waals surface area contributed by atoms with Crippen LogP contribution in [0.4, 0.5) is 15.8 Å². The molecule has 10 nitrogen and oxygen atoms in total. The van der Waals surface area contributed by atoms with Gasteiger partial charge in [0.05, 0.1) is 16.8 Å². The van der Waals surface area contributed by atoms with Crippen molar-refractivity contribution in [3.05, 3.63) is 125 Å². The molecule has 4 amide bonds. The number of hydrogen-bond acceptors (Lipinski definition) is 8. The Labute approximate surface area is 331 Å². The van der Waals surface area contributed by atoms with Crippen molar-refractivity contribution in [3.63, 3.8) is 0 Å². The van der Waals surface area contributed by atoms with Gasteiger partial charge in [0.25, 0.3) is 11.8 Å². The minimum atomic E-state index is -1.09. The van der Waals surface area contributed by atoms with E-state index in [-0.39, 0.29) is 29.7 Å². The number of halogens is 1. The number of fused-ring (bicyclic) bond motifs is 3. The molecule has 5 fully saturated rings. The lowest BCUT2D eigenvalue weighted by molar-refractivity contribution is -0.136. The van der Waals surface area contributed by atoms with Crippen molar-refractivity contribution in [1.29, 1.82) is 0 Å². The van der Waals surface area contributed by atoms with Crippen LogP contribution < -0.4 is 15.1 Å². The number of benzene rings is 4. The van der Waals surface area contributed by atoms with E-state index >= 15 is 4.39 Å². The molecule has 3 atom stereocenters. The van der Waals surface area contributed by atoms with Crippen molar-refractivity contribution >= 4 is 46.1 Å². The fourth-order valence-electron chi connectivity index (χ4n) is 9.72. The number of piperazine rings is 1. The minimum Gasteiger partial charge on any atom is -0.508 e. The van der Waals surface area contributed by atoms with E-state index in [0.29, 0.717) is 36.8 Å². The van der Waals surface area contributed by atoms with Crippen molar-refractivity contribution in [2.75, 3.05) is 42.5 Å². The number of amides is 4. The zero-order valence-electron chi connectivity index (χ0n) is 32.0. The highest BCUT2D eigenvalue weighted by Gasteiger charge is 2.48. The third kappa shape index (κ3) is 6.77. The molecule has 0 saturated carbocycles. The summed E-state index contributed by atoms with van der Waals surface area (Å²) in [4.78, 5) is 58.6. The first-order valence-electron chi connectivity index (χ1n) is 20.2. The van der Waals surface area contributed by atoms with Crippen molar-refractivity contribution < 1.29 is 28.7 Å². The monoisotopic (exact) mass is 767 g/mol. The first kappa shape index (κ1) is 36.8. The lowest BCUT2D eigenvalue weighted by Gasteiger charge is -2.58. The predicted octanol–water partition coefficient (Wildman–Crippen LogP) is 6.48. The number of imide groups is 2. The number of phenols is 1. The van der Waals surface area contributed by atoms with Gasteiger partial charge in [-0.2, -0.15) is 0 Å². The largest absolute Gasteiger partial charge is 0.508 e. The zero-order valence-corrected chi connectivity index (χ0v) is 32.0. The van der Waals surface area contributed by atoms with E-state index in [1.165, 1.54) is 28.5 Å². The first-order valence-corrected chi connectivity index (χ1v) is 20.2. The van der Waals surface area contributed by atoms with Crippen LogP contribution in [0.5, 0.6) is 5.75 Å². The molecule has 6 aliphatic heterocycles. The van der Waals surface area contributed by atoms with Gasteiger partial charge in [0.15, 0.2) is 0 Å². The lowest BCUT2D eigenvalue weighted by atomic mass is 9.84. The number of aromatic hydroxyl groups is 1. The lowest BCUT2D eigenvalue weighted by Crippen LogP contribution is -2.69. The van der Waals surface area contributed by atoms with Crippen LogP contribution >= 0.6 is 0 Å². The van der Waals surface area contributed by atoms with Crippen LogP contribution in [0.1, 0.15) is 82.9 Å². The van der Waals surface area contributed by atoms with Crippen molar-refractivity contribution in [2.24, 2.45) is 5.92 Å². The maximum Gasteiger partial charge on any atom is 0.262 e. The molecule has 2 bridgehead atoms. The highest BCUT2D eigenvalue weighted by molar-refractivity contribution is 6.23. The second kappa shape index (κ2) is 14.9. The van der Waals surface area contributed by atoms with Crippen molar-refractivity contribution in [2.45, 2.75) is 63.6 Å². The second-order valence-corrected chi connectivity index (χ2v) is 16.0. The number of hydrogen-bond donors (Lipinski definition) is 2. The average Bonchev–Trinajstić information content (AvgIpc) is 3.47. The highest BCUT2D eigenvalue weighted by atomic mass is 19.1. The van der Waals surface area contributed by atoms with Crippen LogP contribution in [0.3, 0.4) is 0 Å². The number of rotatable bonds is 9. The summed E-state index contributed by atoms with van der Waals surface area (Å²) in [5, 5.41) is 12.2. The Morgan fingerprint density at radius 2 is 1.40 bits per heavy atom. The van der Waals surface area contributed by atoms with Crippen LogP contribution in [0, 0.1) is 11.7 Å². The number of nitrogens with zero attached hydrogens (tertiary/aromatic N) is 4. The summed E-state index contributed by atoms with van der Waals surface area (Å²) >= 11 is 0. The molecule has 0 aromatic heterocycles. The number of carbonyl (C=O) groups is 4. The van der Waals surface area contributed by atoms with Gasteiger partial charge in [-0.3, -0.25) is 34.3 Å². The molecule has 4 aromatic carbocycles. The molecule has 2 N–H and O–H groups in total. The van der Waals surface area contributed by atoms with Crippen molar-refractivity contribution in [3.8, 4) is 5.75 Å². The Morgan fingerprint density at radius 1 is 0.772 bits per heavy atom. The Balaban J connectivity index is 0.826. The summed E-state index contributed by atoms with van der Waals surface area (Å²) in [7, 11) is 0. The maximum atomic E-state index is 15.6. The molecular formula is C46H46FN5O5. The quantitative estimate of drug-likeness (QED) is 0.147. The molecule has 10 rings (SSSR count). The molecule has 5 saturated heterocycles. The molecule has 0 aliphatic carbocycles. The molecule has 292 valence electrons. The normalized spacial score (nSPS) is 23.0. The van der Waals surface area contributed by atoms with Crippen LogP contribution in [0.25, 0.3) is 11.1 Å². The topological polar surface area (TPSA) is 114 Å². The smallest absolute Gasteiger partial charge is 0.262 e. The van der Waals surface area contributed by atoms with Gasteiger partial charge < -0.3 is 14.9 Å². The fourth-order valence-corrected chi connectivity index (χ4v) is 9.72. The first-order chi connectivity index (χ1) is 27.7. The summed E-state index contributed by atoms with van der Waals surface area (Å²) in [5.74, 6) is -2.18. The SMILES string of the molecule is CCC(=C(c1ccc(O)cc1)c1ccc(N2CCC(CN3C4CC3CN(c3cc5c(cc3F)C(=O)N(C3CCC(=O)NC3=O)C5=O)C4)CC2)cc1)c1ccccc1. The highest BCUT2D eigenvalue weighted by Crippen LogP contribution is 2.40. The summed E-state index contributed by atoms with van der Waals surface area (Å²) in [5.41, 5.74) is 7.43. The number of piperidine rings is 3. The van der Waals surface area contributed by atoms with E-state index in [9.17, 15) is 24.3 Å². The van der Waals surface area contributed by atoms with Crippen LogP contribution in [0.2, 0.25) is 0 Å². The maximum absolute atomic E-state index is 15.6.